The summed E-state index contributed by atoms with van der Waals surface area (Å²) in [5, 5.41) is 17.4. The van der Waals surface area contributed by atoms with Gasteiger partial charge in [0, 0.05) is 5.69 Å². The summed E-state index contributed by atoms with van der Waals surface area (Å²) in [5.74, 6) is 0.910. The summed E-state index contributed by atoms with van der Waals surface area (Å²) in [6.45, 7) is 2.35. The molecule has 0 radical (unpaired) electrons. The highest BCUT2D eigenvalue weighted by molar-refractivity contribution is 5.73. The molecule has 0 amide bonds. The Morgan fingerprint density at radius 2 is 1.92 bits per heavy atom. The molecular weight excluding hydrogens is 322 g/mol. The molecule has 0 aliphatic rings. The van der Waals surface area contributed by atoms with E-state index in [1.165, 1.54) is 11.9 Å². The number of aromatic nitrogens is 2. The first-order valence-electron chi connectivity index (χ1n) is 7.79. The molecular formula is C17H17N5O3. The van der Waals surface area contributed by atoms with Crippen LogP contribution in [0.25, 0.3) is 0 Å². The summed E-state index contributed by atoms with van der Waals surface area (Å²) in [5.41, 5.74) is 1.69. The van der Waals surface area contributed by atoms with E-state index in [9.17, 15) is 10.1 Å². The number of nitrogens with one attached hydrogen (secondary N) is 2. The van der Waals surface area contributed by atoms with E-state index in [-0.39, 0.29) is 23.9 Å². The highest BCUT2D eigenvalue weighted by Gasteiger charge is 2.23. The van der Waals surface area contributed by atoms with E-state index in [2.05, 4.69) is 27.5 Å². The standard InChI is InChI=1S/C17H17N5O3/c1-2-12-5-7-13(8-6-12)21-17-15(22(23)24)16(19-11-20-17)18-10-14-4-3-9-25-14/h3-9,11H,2,10H2,1H3,(H2,18,19,20,21). The Balaban J connectivity index is 1.84. The van der Waals surface area contributed by atoms with Crippen LogP contribution >= 0.6 is 0 Å². The largest absolute Gasteiger partial charge is 0.467 e. The molecule has 3 aromatic rings. The molecule has 1 aromatic carbocycles. The Bertz CT molecular complexity index is 847. The quantitative estimate of drug-likeness (QED) is 0.496. The second-order valence-corrected chi connectivity index (χ2v) is 5.28. The van der Waals surface area contributed by atoms with Crippen molar-refractivity contribution in [2.45, 2.75) is 19.9 Å². The first-order valence-corrected chi connectivity index (χ1v) is 7.79. The minimum Gasteiger partial charge on any atom is -0.467 e. The van der Waals surface area contributed by atoms with Crippen molar-refractivity contribution in [1.29, 1.82) is 0 Å². The molecule has 0 atom stereocenters. The monoisotopic (exact) mass is 339 g/mol. The fourth-order valence-electron chi connectivity index (χ4n) is 2.32. The first kappa shape index (κ1) is 16.4. The fourth-order valence-corrected chi connectivity index (χ4v) is 2.32. The number of furan rings is 1. The van der Waals surface area contributed by atoms with Crippen molar-refractivity contribution < 1.29 is 9.34 Å². The molecule has 2 aromatic heterocycles. The Labute approximate surface area is 144 Å². The van der Waals surface area contributed by atoms with Gasteiger partial charge in [0.15, 0.2) is 0 Å². The zero-order valence-corrected chi connectivity index (χ0v) is 13.6. The zero-order chi connectivity index (χ0) is 17.6. The van der Waals surface area contributed by atoms with E-state index in [0.717, 1.165) is 12.1 Å². The Morgan fingerprint density at radius 3 is 2.56 bits per heavy atom. The Hall–Kier alpha value is -3.42. The topological polar surface area (TPSA) is 106 Å². The third kappa shape index (κ3) is 3.92. The van der Waals surface area contributed by atoms with Crippen LogP contribution in [0.1, 0.15) is 18.2 Å². The van der Waals surface area contributed by atoms with E-state index in [0.29, 0.717) is 5.76 Å². The van der Waals surface area contributed by atoms with Crippen LogP contribution in [0.4, 0.5) is 23.0 Å². The van der Waals surface area contributed by atoms with Gasteiger partial charge in [-0.3, -0.25) is 10.1 Å². The molecule has 0 saturated heterocycles. The smallest absolute Gasteiger partial charge is 0.353 e. The van der Waals surface area contributed by atoms with Crippen LogP contribution in [0.5, 0.6) is 0 Å². The van der Waals surface area contributed by atoms with Gasteiger partial charge < -0.3 is 15.1 Å². The van der Waals surface area contributed by atoms with Crippen molar-refractivity contribution in [3.8, 4) is 0 Å². The van der Waals surface area contributed by atoms with E-state index in [1.807, 2.05) is 24.3 Å². The lowest BCUT2D eigenvalue weighted by atomic mass is 10.1. The van der Waals surface area contributed by atoms with E-state index < -0.39 is 4.92 Å². The van der Waals surface area contributed by atoms with E-state index in [4.69, 9.17) is 4.42 Å². The molecule has 25 heavy (non-hydrogen) atoms. The summed E-state index contributed by atoms with van der Waals surface area (Å²) >= 11 is 0. The third-order valence-electron chi connectivity index (χ3n) is 3.64. The number of rotatable bonds is 7. The zero-order valence-electron chi connectivity index (χ0n) is 13.6. The van der Waals surface area contributed by atoms with Gasteiger partial charge in [-0.2, -0.15) is 0 Å². The van der Waals surface area contributed by atoms with Gasteiger partial charge in [-0.15, -0.1) is 0 Å². The van der Waals surface area contributed by atoms with Crippen molar-refractivity contribution >= 4 is 23.0 Å². The van der Waals surface area contributed by atoms with Gasteiger partial charge in [0.05, 0.1) is 17.7 Å². The molecule has 8 heteroatoms. The fraction of sp³-hybridized carbons (Fsp3) is 0.176. The molecule has 0 unspecified atom stereocenters. The Morgan fingerprint density at radius 1 is 1.16 bits per heavy atom. The summed E-state index contributed by atoms with van der Waals surface area (Å²) < 4.78 is 5.21. The molecule has 8 nitrogen and oxygen atoms in total. The first-order chi connectivity index (χ1) is 12.2. The number of benzene rings is 1. The van der Waals surface area contributed by atoms with Crippen molar-refractivity contribution in [2.24, 2.45) is 0 Å². The Kier molecular flexibility index (Phi) is 4.89. The lowest BCUT2D eigenvalue weighted by Crippen LogP contribution is -2.08. The molecule has 128 valence electrons. The number of hydrogen-bond acceptors (Lipinski definition) is 7. The molecule has 0 bridgehead atoms. The highest BCUT2D eigenvalue weighted by atomic mass is 16.6. The predicted molar refractivity (Wildman–Crippen MR) is 93.8 cm³/mol. The second-order valence-electron chi connectivity index (χ2n) is 5.28. The number of anilines is 3. The predicted octanol–water partition coefficient (Wildman–Crippen LogP) is 3.90. The molecule has 0 aliphatic heterocycles. The van der Waals surface area contributed by atoms with Crippen LogP contribution in [-0.4, -0.2) is 14.9 Å². The lowest BCUT2D eigenvalue weighted by Gasteiger charge is -2.10. The normalized spacial score (nSPS) is 10.4. The van der Waals surface area contributed by atoms with Crippen molar-refractivity contribution in [2.75, 3.05) is 10.6 Å². The maximum atomic E-state index is 11.5. The highest BCUT2D eigenvalue weighted by Crippen LogP contribution is 2.31. The van der Waals surface area contributed by atoms with Gasteiger partial charge in [-0.1, -0.05) is 19.1 Å². The van der Waals surface area contributed by atoms with Crippen LogP contribution in [-0.2, 0) is 13.0 Å². The van der Waals surface area contributed by atoms with Gasteiger partial charge >= 0.3 is 5.69 Å². The molecule has 2 heterocycles. The van der Waals surface area contributed by atoms with Gasteiger partial charge in [-0.05, 0) is 36.2 Å². The average molecular weight is 339 g/mol. The summed E-state index contributed by atoms with van der Waals surface area (Å²) in [6, 6.07) is 11.2. The number of nitrogens with zero attached hydrogens (tertiary/aromatic N) is 3. The number of hydrogen-bond donors (Lipinski definition) is 2. The van der Waals surface area contributed by atoms with Crippen LogP contribution < -0.4 is 10.6 Å². The van der Waals surface area contributed by atoms with Crippen LogP contribution in [0.2, 0.25) is 0 Å². The van der Waals surface area contributed by atoms with Crippen LogP contribution in [0.15, 0.2) is 53.4 Å². The maximum Gasteiger partial charge on any atom is 0.353 e. The van der Waals surface area contributed by atoms with Gasteiger partial charge in [0.2, 0.25) is 11.6 Å². The van der Waals surface area contributed by atoms with Gasteiger partial charge in [0.25, 0.3) is 0 Å². The minimum absolute atomic E-state index is 0.129. The van der Waals surface area contributed by atoms with Gasteiger partial charge in [0.1, 0.15) is 12.1 Å². The van der Waals surface area contributed by atoms with Crippen molar-refractivity contribution in [3.63, 3.8) is 0 Å². The van der Waals surface area contributed by atoms with Crippen LogP contribution in [0.3, 0.4) is 0 Å². The maximum absolute atomic E-state index is 11.5. The molecule has 2 N–H and O–H groups in total. The summed E-state index contributed by atoms with van der Waals surface area (Å²) in [7, 11) is 0. The molecule has 0 saturated carbocycles. The van der Waals surface area contributed by atoms with Gasteiger partial charge in [-0.25, -0.2) is 9.97 Å². The van der Waals surface area contributed by atoms with E-state index >= 15 is 0 Å². The molecule has 0 fully saturated rings. The second kappa shape index (κ2) is 7.43. The van der Waals surface area contributed by atoms with E-state index in [1.54, 1.807) is 18.4 Å². The van der Waals surface area contributed by atoms with Crippen molar-refractivity contribution in [1.82, 2.24) is 9.97 Å². The lowest BCUT2D eigenvalue weighted by molar-refractivity contribution is -0.383. The average Bonchev–Trinajstić information content (AvgIpc) is 3.14. The minimum atomic E-state index is -0.507. The molecule has 0 aliphatic carbocycles. The number of aryl methyl sites for hydroxylation is 1. The summed E-state index contributed by atoms with van der Waals surface area (Å²) in [4.78, 5) is 19.0. The third-order valence-corrected chi connectivity index (χ3v) is 3.64. The van der Waals surface area contributed by atoms with Crippen LogP contribution in [0, 0.1) is 10.1 Å². The molecule has 0 spiro atoms. The number of nitro groups is 1. The molecule has 3 rings (SSSR count). The SMILES string of the molecule is CCc1ccc(Nc2ncnc(NCc3ccco3)c2[N+](=O)[O-])cc1. The summed E-state index contributed by atoms with van der Waals surface area (Å²) in [6.07, 6.45) is 3.74. The van der Waals surface area contributed by atoms with Crippen molar-refractivity contribution in [3.05, 3.63) is 70.4 Å².